The molecule has 0 unspecified atom stereocenters. The fourth-order valence-corrected chi connectivity index (χ4v) is 3.05. The highest BCUT2D eigenvalue weighted by Gasteiger charge is 2.13. The second-order valence-corrected chi connectivity index (χ2v) is 6.60. The molecular formula is C19H22Cl2N2O3. The number of carbonyl (C=O) groups excluding carboxylic acids is 1. The number of carbonyl (C=O) groups is 1. The van der Waals surface area contributed by atoms with Crippen LogP contribution < -0.4 is 14.8 Å². The maximum absolute atomic E-state index is 12.2. The van der Waals surface area contributed by atoms with Crippen LogP contribution >= 0.6 is 23.2 Å². The number of hydrogen-bond donors (Lipinski definition) is 1. The summed E-state index contributed by atoms with van der Waals surface area (Å²) < 4.78 is 10.8. The van der Waals surface area contributed by atoms with Crippen molar-refractivity contribution in [2.75, 3.05) is 33.1 Å². The lowest BCUT2D eigenvalue weighted by atomic mass is 10.1. The number of rotatable bonds is 8. The first-order valence-electron chi connectivity index (χ1n) is 8.08. The van der Waals surface area contributed by atoms with Crippen molar-refractivity contribution < 1.29 is 14.3 Å². The Morgan fingerprint density at radius 3 is 2.35 bits per heavy atom. The number of para-hydroxylation sites is 2. The largest absolute Gasteiger partial charge is 0.493 e. The van der Waals surface area contributed by atoms with E-state index in [-0.39, 0.29) is 5.91 Å². The van der Waals surface area contributed by atoms with Crippen LogP contribution in [0.1, 0.15) is 12.0 Å². The van der Waals surface area contributed by atoms with Crippen molar-refractivity contribution >= 4 is 34.8 Å². The van der Waals surface area contributed by atoms with E-state index in [9.17, 15) is 4.79 Å². The summed E-state index contributed by atoms with van der Waals surface area (Å²) in [5, 5.41) is 3.60. The quantitative estimate of drug-likeness (QED) is 0.714. The average Bonchev–Trinajstić information content (AvgIpc) is 2.63. The van der Waals surface area contributed by atoms with E-state index in [0.717, 1.165) is 5.56 Å². The molecule has 1 N–H and O–H groups in total. The second kappa shape index (κ2) is 9.67. The summed E-state index contributed by atoms with van der Waals surface area (Å²) in [6.07, 6.45) is 0.310. The molecule has 0 aromatic heterocycles. The van der Waals surface area contributed by atoms with Gasteiger partial charge in [-0.15, -0.1) is 0 Å². The van der Waals surface area contributed by atoms with E-state index in [2.05, 4.69) is 5.32 Å². The number of amides is 1. The van der Waals surface area contributed by atoms with Crippen LogP contribution in [-0.2, 0) is 11.3 Å². The van der Waals surface area contributed by atoms with Crippen LogP contribution in [0.15, 0.2) is 36.4 Å². The van der Waals surface area contributed by atoms with Gasteiger partial charge < -0.3 is 19.7 Å². The molecule has 1 amide bonds. The van der Waals surface area contributed by atoms with E-state index in [4.69, 9.17) is 32.7 Å². The lowest BCUT2D eigenvalue weighted by Crippen LogP contribution is -2.24. The van der Waals surface area contributed by atoms with Crippen LogP contribution in [0.3, 0.4) is 0 Å². The summed E-state index contributed by atoms with van der Waals surface area (Å²) in [5.74, 6) is 1.24. The maximum Gasteiger partial charge on any atom is 0.225 e. The Morgan fingerprint density at radius 1 is 1.08 bits per heavy atom. The Hall–Kier alpha value is -1.95. The first kappa shape index (κ1) is 20.4. The number of anilines is 1. The highest BCUT2D eigenvalue weighted by Crippen LogP contribution is 2.31. The summed E-state index contributed by atoms with van der Waals surface area (Å²) >= 11 is 12.1. The van der Waals surface area contributed by atoms with Gasteiger partial charge >= 0.3 is 0 Å². The number of nitrogens with one attached hydrogen (secondary N) is 1. The first-order valence-corrected chi connectivity index (χ1v) is 8.84. The molecule has 140 valence electrons. The lowest BCUT2D eigenvalue weighted by Gasteiger charge is -2.19. The van der Waals surface area contributed by atoms with E-state index in [0.29, 0.717) is 46.7 Å². The Morgan fingerprint density at radius 2 is 1.73 bits per heavy atom. The SMILES string of the molecule is COc1cccc(CN(C)CCC(=O)Nc2c(Cl)cccc2Cl)c1OC. The zero-order valence-corrected chi connectivity index (χ0v) is 16.5. The monoisotopic (exact) mass is 396 g/mol. The highest BCUT2D eigenvalue weighted by atomic mass is 35.5. The second-order valence-electron chi connectivity index (χ2n) is 5.79. The highest BCUT2D eigenvalue weighted by molar-refractivity contribution is 6.39. The molecule has 0 bridgehead atoms. The molecule has 0 spiro atoms. The lowest BCUT2D eigenvalue weighted by molar-refractivity contribution is -0.116. The van der Waals surface area contributed by atoms with Crippen molar-refractivity contribution in [2.45, 2.75) is 13.0 Å². The molecule has 2 aromatic rings. The number of methoxy groups -OCH3 is 2. The Bertz CT molecular complexity index is 748. The smallest absolute Gasteiger partial charge is 0.225 e. The van der Waals surface area contributed by atoms with Gasteiger partial charge in [-0.05, 0) is 25.2 Å². The van der Waals surface area contributed by atoms with Crippen LogP contribution in [0.2, 0.25) is 10.0 Å². The molecule has 0 heterocycles. The minimum atomic E-state index is -0.149. The van der Waals surface area contributed by atoms with Crippen molar-refractivity contribution in [1.29, 1.82) is 0 Å². The van der Waals surface area contributed by atoms with Gasteiger partial charge in [0.2, 0.25) is 5.91 Å². The molecule has 0 radical (unpaired) electrons. The molecule has 0 fully saturated rings. The molecule has 26 heavy (non-hydrogen) atoms. The van der Waals surface area contributed by atoms with Crippen LogP contribution in [0.25, 0.3) is 0 Å². The minimum absolute atomic E-state index is 0.149. The molecule has 5 nitrogen and oxygen atoms in total. The number of ether oxygens (including phenoxy) is 2. The van der Waals surface area contributed by atoms with Crippen LogP contribution in [-0.4, -0.2) is 38.6 Å². The van der Waals surface area contributed by atoms with Gasteiger partial charge in [-0.25, -0.2) is 0 Å². The normalized spacial score (nSPS) is 10.7. The predicted octanol–water partition coefficient (Wildman–Crippen LogP) is 4.47. The molecule has 0 aliphatic carbocycles. The average molecular weight is 397 g/mol. The number of hydrogen-bond acceptors (Lipinski definition) is 4. The Balaban J connectivity index is 1.93. The number of nitrogens with zero attached hydrogens (tertiary/aromatic N) is 1. The van der Waals surface area contributed by atoms with Gasteiger partial charge in [-0.1, -0.05) is 41.4 Å². The van der Waals surface area contributed by atoms with Crippen molar-refractivity contribution in [3.05, 3.63) is 52.0 Å². The predicted molar refractivity (Wildman–Crippen MR) is 106 cm³/mol. The van der Waals surface area contributed by atoms with Crippen molar-refractivity contribution in [1.82, 2.24) is 4.90 Å². The molecule has 0 saturated heterocycles. The first-order chi connectivity index (χ1) is 12.5. The molecule has 0 atom stereocenters. The minimum Gasteiger partial charge on any atom is -0.493 e. The Labute approximate surface area is 163 Å². The summed E-state index contributed by atoms with van der Waals surface area (Å²) in [6, 6.07) is 10.8. The zero-order valence-electron chi connectivity index (χ0n) is 15.0. The number of benzene rings is 2. The van der Waals surface area contributed by atoms with Gasteiger partial charge in [0, 0.05) is 25.1 Å². The van der Waals surface area contributed by atoms with Crippen LogP contribution in [0.5, 0.6) is 11.5 Å². The molecule has 0 aliphatic heterocycles. The van der Waals surface area contributed by atoms with Gasteiger partial charge in [0.05, 0.1) is 30.0 Å². The van der Waals surface area contributed by atoms with Gasteiger partial charge in [-0.2, -0.15) is 0 Å². The van der Waals surface area contributed by atoms with E-state index >= 15 is 0 Å². The molecule has 2 rings (SSSR count). The van der Waals surface area contributed by atoms with Gasteiger partial charge in [-0.3, -0.25) is 4.79 Å². The van der Waals surface area contributed by atoms with E-state index in [1.54, 1.807) is 32.4 Å². The van der Waals surface area contributed by atoms with Crippen molar-refractivity contribution in [3.8, 4) is 11.5 Å². The van der Waals surface area contributed by atoms with Crippen LogP contribution in [0.4, 0.5) is 5.69 Å². The van der Waals surface area contributed by atoms with Crippen molar-refractivity contribution in [2.24, 2.45) is 0 Å². The molecule has 7 heteroatoms. The zero-order chi connectivity index (χ0) is 19.1. The topological polar surface area (TPSA) is 50.8 Å². The fraction of sp³-hybridized carbons (Fsp3) is 0.316. The molecule has 0 saturated carbocycles. The van der Waals surface area contributed by atoms with E-state index in [1.165, 1.54) is 0 Å². The summed E-state index contributed by atoms with van der Waals surface area (Å²) in [6.45, 7) is 1.19. The third kappa shape index (κ3) is 5.27. The van der Waals surface area contributed by atoms with Gasteiger partial charge in [0.15, 0.2) is 11.5 Å². The molecule has 0 aliphatic rings. The van der Waals surface area contributed by atoms with E-state index < -0.39 is 0 Å². The van der Waals surface area contributed by atoms with Gasteiger partial charge in [0.25, 0.3) is 0 Å². The summed E-state index contributed by atoms with van der Waals surface area (Å²) in [5.41, 5.74) is 1.43. The maximum atomic E-state index is 12.2. The van der Waals surface area contributed by atoms with Gasteiger partial charge in [0.1, 0.15) is 0 Å². The third-order valence-electron chi connectivity index (χ3n) is 3.87. The Kier molecular flexibility index (Phi) is 7.57. The summed E-state index contributed by atoms with van der Waals surface area (Å²) in [4.78, 5) is 14.2. The molecule has 2 aromatic carbocycles. The third-order valence-corrected chi connectivity index (χ3v) is 4.50. The summed E-state index contributed by atoms with van der Waals surface area (Å²) in [7, 11) is 5.16. The molecular weight excluding hydrogens is 375 g/mol. The van der Waals surface area contributed by atoms with Crippen molar-refractivity contribution in [3.63, 3.8) is 0 Å². The standard InChI is InChI=1S/C19H22Cl2N2O3/c1-23(12-13-6-4-9-16(25-2)19(13)26-3)11-10-17(24)22-18-14(20)7-5-8-15(18)21/h4-9H,10-12H2,1-3H3,(H,22,24). The fourth-order valence-electron chi connectivity index (χ4n) is 2.56. The van der Waals surface area contributed by atoms with Crippen LogP contribution in [0, 0.1) is 0 Å². The number of halogens is 2. The van der Waals surface area contributed by atoms with E-state index in [1.807, 2.05) is 30.1 Å².